The summed E-state index contributed by atoms with van der Waals surface area (Å²) >= 11 is 0. The van der Waals surface area contributed by atoms with Crippen LogP contribution >= 0.6 is 0 Å². The van der Waals surface area contributed by atoms with E-state index in [1.807, 2.05) is 44.1 Å². The second-order valence-corrected chi connectivity index (χ2v) is 6.72. The van der Waals surface area contributed by atoms with Gasteiger partial charge in [0.2, 0.25) is 0 Å². The van der Waals surface area contributed by atoms with Gasteiger partial charge in [-0.3, -0.25) is 23.6 Å². The van der Waals surface area contributed by atoms with Crippen LogP contribution in [-0.2, 0) is 24.9 Å². The second-order valence-electron chi connectivity index (χ2n) is 6.72. The number of nitrogens with one attached hydrogen (secondary N) is 1. The Hall–Kier alpha value is -3.43. The monoisotopic (exact) mass is 385 g/mol. The molecule has 10 heteroatoms. The van der Waals surface area contributed by atoms with Gasteiger partial charge in [0.25, 0.3) is 5.91 Å². The third kappa shape index (κ3) is 3.66. The number of nitrogens with zero attached hydrogens (tertiary/aromatic N) is 6. The summed E-state index contributed by atoms with van der Waals surface area (Å²) in [7, 11) is 1.90. The molecule has 3 aromatic heterocycles. The number of hydrogen-bond donors (Lipinski definition) is 2. The number of aliphatic carboxylic acids is 1. The lowest BCUT2D eigenvalue weighted by molar-refractivity contribution is -0.137. The van der Waals surface area contributed by atoms with Crippen LogP contribution in [0.4, 0.5) is 5.69 Å². The van der Waals surface area contributed by atoms with Gasteiger partial charge in [-0.2, -0.15) is 15.3 Å². The predicted molar refractivity (Wildman–Crippen MR) is 101 cm³/mol. The molecule has 3 aromatic rings. The molecular weight excluding hydrogens is 362 g/mol. The third-order valence-corrected chi connectivity index (χ3v) is 4.76. The molecule has 3 rings (SSSR count). The molecule has 0 unspecified atom stereocenters. The number of hydrogen-bond acceptors (Lipinski definition) is 5. The summed E-state index contributed by atoms with van der Waals surface area (Å²) in [4.78, 5) is 23.3. The van der Waals surface area contributed by atoms with Crippen LogP contribution in [0.3, 0.4) is 0 Å². The van der Waals surface area contributed by atoms with Crippen LogP contribution in [0.2, 0.25) is 0 Å². The lowest BCUT2D eigenvalue weighted by Gasteiger charge is -2.07. The third-order valence-electron chi connectivity index (χ3n) is 4.76. The molecule has 0 bridgehead atoms. The molecule has 148 valence electrons. The topological polar surface area (TPSA) is 120 Å². The van der Waals surface area contributed by atoms with E-state index < -0.39 is 11.9 Å². The van der Waals surface area contributed by atoms with Gasteiger partial charge in [-0.05, 0) is 33.8 Å². The molecule has 0 atom stereocenters. The first-order chi connectivity index (χ1) is 13.2. The highest BCUT2D eigenvalue weighted by molar-refractivity contribution is 6.03. The Morgan fingerprint density at radius 3 is 2.39 bits per heavy atom. The molecule has 10 nitrogen and oxygen atoms in total. The van der Waals surface area contributed by atoms with Crippen molar-refractivity contribution < 1.29 is 14.7 Å². The number of amides is 1. The van der Waals surface area contributed by atoms with E-state index in [2.05, 4.69) is 20.6 Å². The Morgan fingerprint density at radius 1 is 1.07 bits per heavy atom. The van der Waals surface area contributed by atoms with Gasteiger partial charge in [-0.25, -0.2) is 0 Å². The highest BCUT2D eigenvalue weighted by Gasteiger charge is 2.19. The molecule has 0 aliphatic rings. The van der Waals surface area contributed by atoms with E-state index >= 15 is 0 Å². The first-order valence-corrected chi connectivity index (χ1v) is 8.77. The molecule has 0 radical (unpaired) electrons. The molecule has 3 heterocycles. The van der Waals surface area contributed by atoms with E-state index in [-0.39, 0.29) is 12.2 Å². The van der Waals surface area contributed by atoms with Crippen LogP contribution in [0.1, 0.15) is 38.8 Å². The maximum absolute atomic E-state index is 12.5. The highest BCUT2D eigenvalue weighted by Crippen LogP contribution is 2.22. The molecule has 0 aliphatic carbocycles. The van der Waals surface area contributed by atoms with E-state index in [0.29, 0.717) is 17.9 Å². The van der Waals surface area contributed by atoms with Crippen LogP contribution < -0.4 is 5.32 Å². The van der Waals surface area contributed by atoms with Crippen LogP contribution in [0.5, 0.6) is 0 Å². The van der Waals surface area contributed by atoms with Gasteiger partial charge in [0, 0.05) is 24.5 Å². The number of anilines is 1. The molecule has 0 saturated heterocycles. The van der Waals surface area contributed by atoms with Crippen molar-refractivity contribution in [1.29, 1.82) is 0 Å². The summed E-state index contributed by atoms with van der Waals surface area (Å²) < 4.78 is 4.88. The quantitative estimate of drug-likeness (QED) is 0.662. The highest BCUT2D eigenvalue weighted by atomic mass is 16.4. The number of rotatable bonds is 6. The molecule has 0 aromatic carbocycles. The Labute approximate surface area is 161 Å². The van der Waals surface area contributed by atoms with Gasteiger partial charge in [0.15, 0.2) is 5.69 Å². The number of carboxylic acid groups (broad SMARTS) is 1. The summed E-state index contributed by atoms with van der Waals surface area (Å²) in [5, 5.41) is 24.6. The van der Waals surface area contributed by atoms with E-state index in [4.69, 9.17) is 5.11 Å². The van der Waals surface area contributed by atoms with Crippen molar-refractivity contribution in [1.82, 2.24) is 29.3 Å². The summed E-state index contributed by atoms with van der Waals surface area (Å²) in [5.74, 6) is -1.44. The smallest absolute Gasteiger partial charge is 0.325 e. The van der Waals surface area contributed by atoms with Crippen molar-refractivity contribution in [3.63, 3.8) is 0 Å². The Bertz CT molecular complexity index is 1060. The van der Waals surface area contributed by atoms with E-state index in [0.717, 1.165) is 22.6 Å². The summed E-state index contributed by atoms with van der Waals surface area (Å²) in [6.07, 6.45) is 1.46. The van der Waals surface area contributed by atoms with Crippen molar-refractivity contribution in [2.24, 2.45) is 7.05 Å². The van der Waals surface area contributed by atoms with Gasteiger partial charge in [0.05, 0.1) is 29.3 Å². The average Bonchev–Trinajstić information content (AvgIpc) is 3.24. The Balaban J connectivity index is 1.81. The predicted octanol–water partition coefficient (Wildman–Crippen LogP) is 1.43. The van der Waals surface area contributed by atoms with Crippen molar-refractivity contribution in [3.8, 4) is 0 Å². The number of carboxylic acids is 1. The molecule has 2 N–H and O–H groups in total. The largest absolute Gasteiger partial charge is 0.480 e. The van der Waals surface area contributed by atoms with E-state index in [1.165, 1.54) is 16.9 Å². The molecule has 28 heavy (non-hydrogen) atoms. The van der Waals surface area contributed by atoms with Crippen LogP contribution in [0, 0.1) is 27.7 Å². The summed E-state index contributed by atoms with van der Waals surface area (Å²) in [6.45, 7) is 7.94. The van der Waals surface area contributed by atoms with Gasteiger partial charge in [0.1, 0.15) is 6.54 Å². The van der Waals surface area contributed by atoms with Gasteiger partial charge < -0.3 is 10.4 Å². The minimum atomic E-state index is -1.02. The maximum Gasteiger partial charge on any atom is 0.325 e. The van der Waals surface area contributed by atoms with Crippen molar-refractivity contribution in [2.75, 3.05) is 5.32 Å². The number of carbonyl (C=O) groups excluding carboxylic acids is 1. The van der Waals surface area contributed by atoms with Crippen LogP contribution in [-0.4, -0.2) is 46.3 Å². The van der Waals surface area contributed by atoms with Crippen molar-refractivity contribution in [3.05, 3.63) is 46.3 Å². The fourth-order valence-corrected chi connectivity index (χ4v) is 3.11. The summed E-state index contributed by atoms with van der Waals surface area (Å²) in [5.41, 5.74) is 5.39. The zero-order valence-electron chi connectivity index (χ0n) is 16.5. The molecule has 0 fully saturated rings. The fraction of sp³-hybridized carbons (Fsp3) is 0.389. The minimum Gasteiger partial charge on any atom is -0.480 e. The van der Waals surface area contributed by atoms with Crippen LogP contribution in [0.15, 0.2) is 12.3 Å². The lowest BCUT2D eigenvalue weighted by Crippen LogP contribution is -2.16. The Kier molecular flexibility index (Phi) is 5.04. The van der Waals surface area contributed by atoms with E-state index in [1.54, 1.807) is 0 Å². The maximum atomic E-state index is 12.5. The number of carbonyl (C=O) groups is 2. The molecule has 0 aliphatic heterocycles. The molecular formula is C18H23N7O3. The molecule has 1 amide bonds. The Morgan fingerprint density at radius 2 is 1.79 bits per heavy atom. The molecule has 0 saturated carbocycles. The second kappa shape index (κ2) is 7.29. The van der Waals surface area contributed by atoms with Gasteiger partial charge in [-0.15, -0.1) is 0 Å². The van der Waals surface area contributed by atoms with Crippen molar-refractivity contribution in [2.45, 2.75) is 40.8 Å². The first kappa shape index (κ1) is 19.3. The lowest BCUT2D eigenvalue weighted by atomic mass is 10.2. The average molecular weight is 385 g/mol. The SMILES string of the molecule is Cc1nn(C)c(C)c1Cn1nc(C)c(NC(=O)c2ccn(CC(=O)O)n2)c1C. The normalized spacial score (nSPS) is 11.0. The zero-order chi connectivity index (χ0) is 20.6. The fourth-order valence-electron chi connectivity index (χ4n) is 3.11. The van der Waals surface area contributed by atoms with Crippen LogP contribution in [0.25, 0.3) is 0 Å². The first-order valence-electron chi connectivity index (χ1n) is 8.77. The number of aromatic nitrogens is 6. The van der Waals surface area contributed by atoms with Gasteiger partial charge >= 0.3 is 5.97 Å². The number of aryl methyl sites for hydroxylation is 3. The zero-order valence-corrected chi connectivity index (χ0v) is 16.5. The van der Waals surface area contributed by atoms with Gasteiger partial charge in [-0.1, -0.05) is 0 Å². The standard InChI is InChI=1S/C18H23N7O3/c1-10-14(12(3)23(5)20-10)8-25-13(4)17(11(2)21-25)19-18(28)15-6-7-24(22-15)9-16(26)27/h6-7H,8-9H2,1-5H3,(H,19,28)(H,26,27). The molecule has 0 spiro atoms. The summed E-state index contributed by atoms with van der Waals surface area (Å²) in [6, 6.07) is 1.48. The van der Waals surface area contributed by atoms with Crippen molar-refractivity contribution >= 4 is 17.6 Å². The minimum absolute atomic E-state index is 0.145. The van der Waals surface area contributed by atoms with E-state index in [9.17, 15) is 9.59 Å².